The van der Waals surface area contributed by atoms with Crippen molar-refractivity contribution in [2.75, 3.05) is 53.5 Å². The normalized spacial score (nSPS) is 15.0. The van der Waals surface area contributed by atoms with Crippen molar-refractivity contribution in [3.8, 4) is 11.5 Å². The van der Waals surface area contributed by atoms with Gasteiger partial charge in [0.1, 0.15) is 0 Å². The van der Waals surface area contributed by atoms with E-state index in [4.69, 9.17) is 9.47 Å². The monoisotopic (exact) mass is 475 g/mol. The third-order valence-electron chi connectivity index (χ3n) is 6.05. The Hall–Kier alpha value is -2.62. The summed E-state index contributed by atoms with van der Waals surface area (Å²) in [4.78, 5) is 16.9. The number of benzene rings is 2. The summed E-state index contributed by atoms with van der Waals surface area (Å²) in [6, 6.07) is 12.7. The Labute approximate surface area is 196 Å². The molecule has 0 unspecified atom stereocenters. The highest BCUT2D eigenvalue weighted by Gasteiger charge is 2.31. The van der Waals surface area contributed by atoms with Gasteiger partial charge in [-0.25, -0.2) is 8.42 Å². The van der Waals surface area contributed by atoms with Gasteiger partial charge in [-0.3, -0.25) is 9.69 Å². The minimum absolute atomic E-state index is 0.0219. The maximum atomic E-state index is 13.1. The summed E-state index contributed by atoms with van der Waals surface area (Å²) in [5, 5.41) is 0. The predicted molar refractivity (Wildman–Crippen MR) is 127 cm³/mol. The van der Waals surface area contributed by atoms with Gasteiger partial charge in [-0.05, 0) is 36.7 Å². The fraction of sp³-hybridized carbons (Fsp3) is 0.458. The van der Waals surface area contributed by atoms with Crippen molar-refractivity contribution >= 4 is 15.9 Å². The lowest BCUT2D eigenvalue weighted by molar-refractivity contribution is -0.133. The molecule has 1 aliphatic heterocycles. The second kappa shape index (κ2) is 11.0. The molecule has 0 saturated carbocycles. The number of hydrogen-bond donors (Lipinski definition) is 0. The van der Waals surface area contributed by atoms with Crippen LogP contribution in [0.1, 0.15) is 18.1 Å². The van der Waals surface area contributed by atoms with Crippen molar-refractivity contribution in [1.29, 1.82) is 0 Å². The summed E-state index contributed by atoms with van der Waals surface area (Å²) in [6.07, 6.45) is 0. The van der Waals surface area contributed by atoms with Gasteiger partial charge in [0, 0.05) is 38.8 Å². The van der Waals surface area contributed by atoms with E-state index in [-0.39, 0.29) is 23.9 Å². The van der Waals surface area contributed by atoms with E-state index < -0.39 is 10.0 Å². The Bertz CT molecular complexity index is 1070. The van der Waals surface area contributed by atoms with Crippen LogP contribution >= 0.6 is 0 Å². The zero-order valence-corrected chi connectivity index (χ0v) is 20.6. The molecular weight excluding hydrogens is 442 g/mol. The highest BCUT2D eigenvalue weighted by molar-refractivity contribution is 7.89. The predicted octanol–water partition coefficient (Wildman–Crippen LogP) is 2.37. The van der Waals surface area contributed by atoms with Crippen LogP contribution in [0.2, 0.25) is 0 Å². The summed E-state index contributed by atoms with van der Waals surface area (Å²) >= 11 is 0. The number of carbonyl (C=O) groups excluding carboxylic acids is 1. The number of methoxy groups -OCH3 is 2. The van der Waals surface area contributed by atoms with Crippen molar-refractivity contribution in [3.05, 3.63) is 53.6 Å². The highest BCUT2D eigenvalue weighted by atomic mass is 32.2. The van der Waals surface area contributed by atoms with E-state index in [1.807, 2.05) is 19.1 Å². The molecule has 0 atom stereocenters. The minimum atomic E-state index is -3.69. The smallest absolute Gasteiger partial charge is 0.243 e. The molecule has 2 aromatic carbocycles. The van der Waals surface area contributed by atoms with Gasteiger partial charge in [0.15, 0.2) is 11.5 Å². The zero-order chi connectivity index (χ0) is 24.0. The molecule has 33 heavy (non-hydrogen) atoms. The molecule has 9 heteroatoms. The molecule has 0 aromatic heterocycles. The molecule has 1 fully saturated rings. The van der Waals surface area contributed by atoms with Crippen LogP contribution in [-0.2, 0) is 21.4 Å². The summed E-state index contributed by atoms with van der Waals surface area (Å²) in [6.45, 7) is 7.14. The number of hydrogen-bond acceptors (Lipinski definition) is 6. The van der Waals surface area contributed by atoms with Gasteiger partial charge in [-0.15, -0.1) is 0 Å². The molecule has 1 saturated heterocycles. The van der Waals surface area contributed by atoms with Gasteiger partial charge >= 0.3 is 0 Å². The number of amides is 1. The number of likely N-dealkylation sites (N-methyl/N-ethyl adjacent to an activating group) is 1. The molecule has 1 amide bonds. The molecule has 0 aliphatic carbocycles. The topological polar surface area (TPSA) is 79.4 Å². The Morgan fingerprint density at radius 1 is 1.00 bits per heavy atom. The number of nitrogens with zero attached hydrogens (tertiary/aromatic N) is 3. The van der Waals surface area contributed by atoms with Gasteiger partial charge in [0.25, 0.3) is 0 Å². The molecule has 1 aliphatic rings. The van der Waals surface area contributed by atoms with Gasteiger partial charge in [-0.1, -0.05) is 31.2 Å². The highest BCUT2D eigenvalue weighted by Crippen LogP contribution is 2.30. The Kier molecular flexibility index (Phi) is 8.34. The van der Waals surface area contributed by atoms with Crippen molar-refractivity contribution in [2.24, 2.45) is 0 Å². The fourth-order valence-electron chi connectivity index (χ4n) is 3.90. The maximum absolute atomic E-state index is 13.1. The first-order chi connectivity index (χ1) is 15.8. The lowest BCUT2D eigenvalue weighted by Gasteiger charge is -2.35. The maximum Gasteiger partial charge on any atom is 0.243 e. The van der Waals surface area contributed by atoms with Crippen molar-refractivity contribution in [1.82, 2.24) is 14.1 Å². The Morgan fingerprint density at radius 3 is 2.27 bits per heavy atom. The third kappa shape index (κ3) is 5.85. The minimum Gasteiger partial charge on any atom is -0.493 e. The largest absolute Gasteiger partial charge is 0.493 e. The molecular formula is C24H33N3O5S. The molecule has 2 aromatic rings. The van der Waals surface area contributed by atoms with Gasteiger partial charge in [0.05, 0.1) is 25.7 Å². The first-order valence-corrected chi connectivity index (χ1v) is 12.5. The van der Waals surface area contributed by atoms with Crippen LogP contribution in [0, 0.1) is 6.92 Å². The van der Waals surface area contributed by atoms with Gasteiger partial charge in [0.2, 0.25) is 15.9 Å². The summed E-state index contributed by atoms with van der Waals surface area (Å²) in [7, 11) is -0.720. The molecule has 0 spiro atoms. The lowest BCUT2D eigenvalue weighted by atomic mass is 10.1. The molecule has 1 heterocycles. The number of aryl methyl sites for hydroxylation is 1. The Morgan fingerprint density at radius 2 is 1.67 bits per heavy atom. The number of piperazine rings is 1. The molecule has 8 nitrogen and oxygen atoms in total. The van der Waals surface area contributed by atoms with Crippen LogP contribution in [0.25, 0.3) is 0 Å². The van der Waals surface area contributed by atoms with Crippen molar-refractivity contribution in [3.63, 3.8) is 0 Å². The van der Waals surface area contributed by atoms with Crippen LogP contribution in [0.4, 0.5) is 0 Å². The van der Waals surface area contributed by atoms with E-state index in [1.54, 1.807) is 11.0 Å². The van der Waals surface area contributed by atoms with E-state index in [9.17, 15) is 13.2 Å². The van der Waals surface area contributed by atoms with Crippen molar-refractivity contribution < 1.29 is 22.7 Å². The van der Waals surface area contributed by atoms with E-state index >= 15 is 0 Å². The van der Waals surface area contributed by atoms with E-state index in [0.717, 1.165) is 6.54 Å². The van der Waals surface area contributed by atoms with Gasteiger partial charge in [-0.2, -0.15) is 4.31 Å². The molecule has 180 valence electrons. The molecule has 0 bridgehead atoms. The van der Waals surface area contributed by atoms with E-state index in [2.05, 4.69) is 24.0 Å². The molecule has 3 rings (SSSR count). The molecule has 0 radical (unpaired) electrons. The van der Waals surface area contributed by atoms with Crippen LogP contribution in [-0.4, -0.2) is 81.9 Å². The number of ether oxygens (including phenoxy) is 2. The summed E-state index contributed by atoms with van der Waals surface area (Å²) in [5.41, 5.74) is 2.41. The Balaban J connectivity index is 1.60. The van der Waals surface area contributed by atoms with E-state index in [0.29, 0.717) is 37.7 Å². The number of rotatable bonds is 9. The summed E-state index contributed by atoms with van der Waals surface area (Å²) in [5.74, 6) is 0.854. The average molecular weight is 476 g/mol. The third-order valence-corrected chi connectivity index (χ3v) is 7.94. The number of carbonyl (C=O) groups is 1. The number of sulfonamides is 1. The van der Waals surface area contributed by atoms with Crippen LogP contribution < -0.4 is 9.47 Å². The quantitative estimate of drug-likeness (QED) is 0.554. The summed E-state index contributed by atoms with van der Waals surface area (Å²) < 4.78 is 38.1. The second-order valence-corrected chi connectivity index (χ2v) is 9.97. The first kappa shape index (κ1) is 25.0. The van der Waals surface area contributed by atoms with Crippen LogP contribution in [0.15, 0.2) is 47.4 Å². The SMILES string of the molecule is CCN(CC(=O)N1CCN(S(=O)(=O)c2ccc(OC)c(OC)c2)CC1)Cc1ccccc1C. The lowest BCUT2D eigenvalue weighted by Crippen LogP contribution is -2.52. The molecule has 0 N–H and O–H groups in total. The van der Waals surface area contributed by atoms with Crippen LogP contribution in [0.5, 0.6) is 11.5 Å². The average Bonchev–Trinajstić information content (AvgIpc) is 2.84. The van der Waals surface area contributed by atoms with Gasteiger partial charge < -0.3 is 14.4 Å². The van der Waals surface area contributed by atoms with Crippen molar-refractivity contribution in [2.45, 2.75) is 25.3 Å². The first-order valence-electron chi connectivity index (χ1n) is 11.1. The van der Waals surface area contributed by atoms with Crippen LogP contribution in [0.3, 0.4) is 0 Å². The zero-order valence-electron chi connectivity index (χ0n) is 19.8. The van der Waals surface area contributed by atoms with E-state index in [1.165, 1.54) is 41.8 Å². The fourth-order valence-corrected chi connectivity index (χ4v) is 5.34. The standard InChI is InChI=1S/C24H33N3O5S/c1-5-25(17-20-9-7-6-8-19(20)2)18-24(28)26-12-14-27(15-13-26)33(29,30)21-10-11-22(31-3)23(16-21)32-4/h6-11,16H,5,12-15,17-18H2,1-4H3. The second-order valence-electron chi connectivity index (χ2n) is 8.03.